The molecular formula is C9H10BrNO2S. The molecule has 0 aromatic carbocycles. The number of carbonyl (C=O) groups is 1. The van der Waals surface area contributed by atoms with Crippen molar-refractivity contribution in [2.45, 2.75) is 0 Å². The highest BCUT2D eigenvalue weighted by atomic mass is 79.9. The van der Waals surface area contributed by atoms with E-state index in [-0.39, 0.29) is 5.91 Å². The molecule has 2 rings (SSSR count). The number of ether oxygens (including phenoxy) is 1. The Labute approximate surface area is 94.8 Å². The number of hydrogen-bond donors (Lipinski definition) is 0. The fourth-order valence-electron chi connectivity index (χ4n) is 1.37. The van der Waals surface area contributed by atoms with Gasteiger partial charge in [-0.1, -0.05) is 0 Å². The average Bonchev–Trinajstić information content (AvgIpc) is 2.65. The molecule has 1 saturated heterocycles. The first-order valence-corrected chi connectivity index (χ1v) is 6.06. The third kappa shape index (κ3) is 2.16. The van der Waals surface area contributed by atoms with Crippen LogP contribution in [0.25, 0.3) is 0 Å². The molecule has 0 unspecified atom stereocenters. The molecule has 0 radical (unpaired) electrons. The van der Waals surface area contributed by atoms with Crippen LogP contribution in [0.4, 0.5) is 0 Å². The Morgan fingerprint density at radius 3 is 2.79 bits per heavy atom. The van der Waals surface area contributed by atoms with Gasteiger partial charge in [-0.15, -0.1) is 11.3 Å². The normalized spacial score (nSPS) is 17.1. The number of hydrogen-bond acceptors (Lipinski definition) is 3. The standard InChI is InChI=1S/C9H10BrNO2S/c10-8-5-7(6-14-8)9(12)11-1-3-13-4-2-11/h5-6H,1-4H2. The Morgan fingerprint density at radius 1 is 1.50 bits per heavy atom. The van der Waals surface area contributed by atoms with Crippen LogP contribution in [-0.2, 0) is 4.74 Å². The van der Waals surface area contributed by atoms with Gasteiger partial charge >= 0.3 is 0 Å². The summed E-state index contributed by atoms with van der Waals surface area (Å²) in [6.45, 7) is 2.70. The Balaban J connectivity index is 2.07. The Kier molecular flexibility index (Phi) is 3.20. The van der Waals surface area contributed by atoms with E-state index in [1.807, 2.05) is 16.3 Å². The van der Waals surface area contributed by atoms with Crippen molar-refractivity contribution in [3.05, 3.63) is 20.8 Å². The SMILES string of the molecule is O=C(c1csc(Br)c1)N1CCOCC1. The van der Waals surface area contributed by atoms with Gasteiger partial charge in [0.2, 0.25) is 0 Å². The van der Waals surface area contributed by atoms with Crippen molar-refractivity contribution in [3.8, 4) is 0 Å². The maximum absolute atomic E-state index is 11.9. The zero-order valence-corrected chi connectivity index (χ0v) is 9.94. The maximum atomic E-state index is 11.9. The van der Waals surface area contributed by atoms with Gasteiger partial charge in [0.25, 0.3) is 5.91 Å². The topological polar surface area (TPSA) is 29.5 Å². The predicted octanol–water partition coefficient (Wildman–Crippen LogP) is 1.98. The van der Waals surface area contributed by atoms with Gasteiger partial charge in [0.1, 0.15) is 0 Å². The van der Waals surface area contributed by atoms with Crippen LogP contribution in [0.3, 0.4) is 0 Å². The molecule has 0 atom stereocenters. The second kappa shape index (κ2) is 4.42. The van der Waals surface area contributed by atoms with Crippen LogP contribution in [0.15, 0.2) is 15.2 Å². The highest BCUT2D eigenvalue weighted by Crippen LogP contribution is 2.21. The molecule has 0 bridgehead atoms. The summed E-state index contributed by atoms with van der Waals surface area (Å²) in [6.07, 6.45) is 0. The molecule has 1 aliphatic heterocycles. The molecule has 14 heavy (non-hydrogen) atoms. The molecule has 1 aromatic rings. The molecular weight excluding hydrogens is 266 g/mol. The second-order valence-corrected chi connectivity index (χ2v) is 5.33. The summed E-state index contributed by atoms with van der Waals surface area (Å²) in [6, 6.07) is 1.86. The van der Waals surface area contributed by atoms with E-state index >= 15 is 0 Å². The van der Waals surface area contributed by atoms with E-state index in [2.05, 4.69) is 15.9 Å². The predicted molar refractivity (Wildman–Crippen MR) is 58.7 cm³/mol. The zero-order chi connectivity index (χ0) is 9.97. The number of amides is 1. The Hall–Kier alpha value is -0.390. The molecule has 1 fully saturated rings. The molecule has 2 heterocycles. The van der Waals surface area contributed by atoms with Crippen LogP contribution in [-0.4, -0.2) is 37.1 Å². The zero-order valence-electron chi connectivity index (χ0n) is 7.53. The number of halogens is 1. The van der Waals surface area contributed by atoms with E-state index in [4.69, 9.17) is 4.74 Å². The van der Waals surface area contributed by atoms with E-state index < -0.39 is 0 Å². The molecule has 3 nitrogen and oxygen atoms in total. The first-order valence-electron chi connectivity index (χ1n) is 4.38. The van der Waals surface area contributed by atoms with Gasteiger partial charge in [0, 0.05) is 18.5 Å². The highest BCUT2D eigenvalue weighted by molar-refractivity contribution is 9.11. The van der Waals surface area contributed by atoms with Crippen molar-refractivity contribution in [2.75, 3.05) is 26.3 Å². The Bertz CT molecular complexity index is 333. The minimum Gasteiger partial charge on any atom is -0.378 e. The number of nitrogens with zero attached hydrogens (tertiary/aromatic N) is 1. The van der Waals surface area contributed by atoms with Gasteiger partial charge < -0.3 is 9.64 Å². The van der Waals surface area contributed by atoms with Gasteiger partial charge in [-0.2, -0.15) is 0 Å². The van der Waals surface area contributed by atoms with Crippen LogP contribution in [0.2, 0.25) is 0 Å². The lowest BCUT2D eigenvalue weighted by Crippen LogP contribution is -2.40. The van der Waals surface area contributed by atoms with Crippen LogP contribution < -0.4 is 0 Å². The van der Waals surface area contributed by atoms with Crippen molar-refractivity contribution in [1.29, 1.82) is 0 Å². The number of thiophene rings is 1. The first-order chi connectivity index (χ1) is 6.77. The monoisotopic (exact) mass is 275 g/mol. The summed E-state index contributed by atoms with van der Waals surface area (Å²) < 4.78 is 6.18. The van der Waals surface area contributed by atoms with Crippen molar-refractivity contribution >= 4 is 33.2 Å². The summed E-state index contributed by atoms with van der Waals surface area (Å²) in [5.41, 5.74) is 0.767. The molecule has 1 aliphatic rings. The van der Waals surface area contributed by atoms with Gasteiger partial charge in [0.05, 0.1) is 22.6 Å². The quantitative estimate of drug-likeness (QED) is 0.785. The van der Waals surface area contributed by atoms with Crippen LogP contribution in [0.5, 0.6) is 0 Å². The van der Waals surface area contributed by atoms with E-state index in [1.165, 1.54) is 11.3 Å². The summed E-state index contributed by atoms with van der Waals surface area (Å²) in [5, 5.41) is 1.88. The van der Waals surface area contributed by atoms with Crippen molar-refractivity contribution in [2.24, 2.45) is 0 Å². The van der Waals surface area contributed by atoms with Crippen molar-refractivity contribution in [1.82, 2.24) is 4.90 Å². The van der Waals surface area contributed by atoms with Gasteiger partial charge in [0.15, 0.2) is 0 Å². The maximum Gasteiger partial charge on any atom is 0.254 e. The van der Waals surface area contributed by atoms with Crippen molar-refractivity contribution in [3.63, 3.8) is 0 Å². The molecule has 0 spiro atoms. The summed E-state index contributed by atoms with van der Waals surface area (Å²) in [4.78, 5) is 13.7. The summed E-state index contributed by atoms with van der Waals surface area (Å²) in [7, 11) is 0. The first kappa shape index (κ1) is 10.1. The number of morpholine rings is 1. The van der Waals surface area contributed by atoms with Gasteiger partial charge in [-0.25, -0.2) is 0 Å². The van der Waals surface area contributed by atoms with E-state index in [1.54, 1.807) is 0 Å². The molecule has 0 N–H and O–H groups in total. The highest BCUT2D eigenvalue weighted by Gasteiger charge is 2.18. The third-order valence-corrected chi connectivity index (χ3v) is 3.62. The molecule has 5 heteroatoms. The van der Waals surface area contributed by atoms with E-state index in [9.17, 15) is 4.79 Å². The van der Waals surface area contributed by atoms with Gasteiger partial charge in [-0.3, -0.25) is 4.79 Å². The lowest BCUT2D eigenvalue weighted by atomic mass is 10.3. The lowest BCUT2D eigenvalue weighted by Gasteiger charge is -2.26. The molecule has 76 valence electrons. The van der Waals surface area contributed by atoms with Crippen molar-refractivity contribution < 1.29 is 9.53 Å². The van der Waals surface area contributed by atoms with Crippen LogP contribution in [0, 0.1) is 0 Å². The second-order valence-electron chi connectivity index (χ2n) is 3.04. The molecule has 0 aliphatic carbocycles. The summed E-state index contributed by atoms with van der Waals surface area (Å²) in [5.74, 6) is 0.107. The minimum atomic E-state index is 0.107. The molecule has 1 aromatic heterocycles. The van der Waals surface area contributed by atoms with Gasteiger partial charge in [-0.05, 0) is 22.0 Å². The fraction of sp³-hybridized carbons (Fsp3) is 0.444. The van der Waals surface area contributed by atoms with E-state index in [0.717, 1.165) is 9.35 Å². The molecule has 0 saturated carbocycles. The Morgan fingerprint density at radius 2 is 2.21 bits per heavy atom. The molecule has 1 amide bonds. The van der Waals surface area contributed by atoms with Crippen LogP contribution in [0.1, 0.15) is 10.4 Å². The summed E-state index contributed by atoms with van der Waals surface area (Å²) >= 11 is 4.88. The largest absolute Gasteiger partial charge is 0.378 e. The smallest absolute Gasteiger partial charge is 0.254 e. The number of rotatable bonds is 1. The fourth-order valence-corrected chi connectivity index (χ4v) is 2.50. The third-order valence-electron chi connectivity index (χ3n) is 2.11. The van der Waals surface area contributed by atoms with Crippen LogP contribution >= 0.6 is 27.3 Å². The minimum absolute atomic E-state index is 0.107. The average molecular weight is 276 g/mol. The van der Waals surface area contributed by atoms with E-state index in [0.29, 0.717) is 26.3 Å². The lowest BCUT2D eigenvalue weighted by molar-refractivity contribution is 0.0303. The number of carbonyl (C=O) groups excluding carboxylic acids is 1.